The number of hydrogen-bond donors (Lipinski definition) is 1. The molecule has 2 aromatic heterocycles. The van der Waals surface area contributed by atoms with Crippen LogP contribution < -0.4 is 5.32 Å². The van der Waals surface area contributed by atoms with Gasteiger partial charge in [-0.2, -0.15) is 13.2 Å². The van der Waals surface area contributed by atoms with E-state index in [1.807, 2.05) is 35.9 Å². The Morgan fingerprint density at radius 1 is 1.12 bits per heavy atom. The molecule has 0 saturated carbocycles. The topological polar surface area (TPSA) is 37.8 Å². The van der Waals surface area contributed by atoms with Crippen LogP contribution in [0.3, 0.4) is 0 Å². The highest BCUT2D eigenvalue weighted by Crippen LogP contribution is 2.31. The first-order chi connectivity index (χ1) is 12.0. The van der Waals surface area contributed by atoms with E-state index in [4.69, 9.17) is 0 Å². The molecule has 3 rings (SSSR count). The van der Waals surface area contributed by atoms with Crippen molar-refractivity contribution >= 4 is 28.9 Å². The fraction of sp³-hybridized carbons (Fsp3) is 0.176. The van der Waals surface area contributed by atoms with Gasteiger partial charge in [-0.1, -0.05) is 18.2 Å². The van der Waals surface area contributed by atoms with E-state index in [2.05, 4.69) is 15.3 Å². The second-order valence-electron chi connectivity index (χ2n) is 5.12. The van der Waals surface area contributed by atoms with Crippen LogP contribution in [0.4, 0.5) is 19.0 Å². The molecule has 0 spiro atoms. The first-order valence-electron chi connectivity index (χ1n) is 7.32. The maximum atomic E-state index is 13.2. The summed E-state index contributed by atoms with van der Waals surface area (Å²) in [5, 5.41) is 4.86. The maximum Gasteiger partial charge on any atom is 0.433 e. The van der Waals surface area contributed by atoms with Crippen molar-refractivity contribution in [3.8, 4) is 11.4 Å². The zero-order chi connectivity index (χ0) is 17.9. The van der Waals surface area contributed by atoms with Crippen molar-refractivity contribution in [2.45, 2.75) is 17.6 Å². The van der Waals surface area contributed by atoms with Gasteiger partial charge in [0.15, 0.2) is 11.5 Å². The molecule has 3 aromatic rings. The van der Waals surface area contributed by atoms with Gasteiger partial charge < -0.3 is 5.32 Å². The first kappa shape index (κ1) is 17.8. The molecule has 25 heavy (non-hydrogen) atoms. The van der Waals surface area contributed by atoms with Crippen molar-refractivity contribution in [1.82, 2.24) is 9.97 Å². The van der Waals surface area contributed by atoms with Crippen molar-refractivity contribution in [2.24, 2.45) is 0 Å². The molecule has 0 amide bonds. The van der Waals surface area contributed by atoms with E-state index >= 15 is 0 Å². The molecule has 1 aromatic carbocycles. The Morgan fingerprint density at radius 2 is 1.88 bits per heavy atom. The van der Waals surface area contributed by atoms with Gasteiger partial charge in [-0.05, 0) is 29.8 Å². The average molecular weight is 381 g/mol. The number of aromatic nitrogens is 2. The number of benzene rings is 1. The Balaban J connectivity index is 1.94. The van der Waals surface area contributed by atoms with Crippen LogP contribution >= 0.6 is 23.1 Å². The lowest BCUT2D eigenvalue weighted by Crippen LogP contribution is -2.12. The van der Waals surface area contributed by atoms with E-state index < -0.39 is 11.9 Å². The van der Waals surface area contributed by atoms with Gasteiger partial charge in [0.25, 0.3) is 0 Å². The molecule has 1 N–H and O–H groups in total. The summed E-state index contributed by atoms with van der Waals surface area (Å²) in [7, 11) is 0. The Hall–Kier alpha value is -2.06. The maximum absolute atomic E-state index is 13.2. The number of thioether (sulfide) groups is 1. The van der Waals surface area contributed by atoms with E-state index in [1.165, 1.54) is 11.3 Å². The molecule has 0 fully saturated rings. The smallest absolute Gasteiger partial charge is 0.365 e. The Labute approximate surface area is 151 Å². The molecule has 0 aliphatic rings. The van der Waals surface area contributed by atoms with E-state index in [9.17, 15) is 13.2 Å². The summed E-state index contributed by atoms with van der Waals surface area (Å²) >= 11 is 3.08. The predicted molar refractivity (Wildman–Crippen MR) is 95.9 cm³/mol. The Morgan fingerprint density at radius 3 is 2.48 bits per heavy atom. The van der Waals surface area contributed by atoms with E-state index in [1.54, 1.807) is 23.9 Å². The monoisotopic (exact) mass is 381 g/mol. The molecular weight excluding hydrogens is 367 g/mol. The normalized spacial score (nSPS) is 11.5. The number of hydrogen-bond acceptors (Lipinski definition) is 5. The lowest BCUT2D eigenvalue weighted by molar-refractivity contribution is -0.141. The number of anilines is 1. The summed E-state index contributed by atoms with van der Waals surface area (Å²) in [5.74, 6) is 0.204. The van der Waals surface area contributed by atoms with Gasteiger partial charge in [0.2, 0.25) is 0 Å². The number of halogens is 3. The van der Waals surface area contributed by atoms with E-state index in [0.29, 0.717) is 12.1 Å². The third-order valence-electron chi connectivity index (χ3n) is 3.39. The molecule has 0 atom stereocenters. The highest BCUT2D eigenvalue weighted by molar-refractivity contribution is 7.98. The second kappa shape index (κ2) is 7.45. The quantitative estimate of drug-likeness (QED) is 0.588. The number of alkyl halides is 3. The SMILES string of the molecule is CSc1ccc(-c2nc(NCc3cccs3)cc(C(F)(F)F)n2)cc1. The standard InChI is InChI=1S/C17H14F3N3S2/c1-24-12-6-4-11(5-7-12)16-22-14(17(18,19)20)9-15(23-16)21-10-13-3-2-8-25-13/h2-9H,10H2,1H3,(H,21,22,23). The third-order valence-corrected chi connectivity index (χ3v) is 5.01. The van der Waals surface area contributed by atoms with Crippen molar-refractivity contribution in [2.75, 3.05) is 11.6 Å². The highest BCUT2D eigenvalue weighted by atomic mass is 32.2. The fourth-order valence-corrected chi connectivity index (χ4v) is 3.20. The minimum absolute atomic E-state index is 0.0520. The summed E-state index contributed by atoms with van der Waals surface area (Å²) < 4.78 is 39.5. The molecular formula is C17H14F3N3S2. The molecule has 0 unspecified atom stereocenters. The van der Waals surface area contributed by atoms with E-state index in [0.717, 1.165) is 15.8 Å². The van der Waals surface area contributed by atoms with Crippen LogP contribution in [0, 0.1) is 0 Å². The minimum atomic E-state index is -4.53. The van der Waals surface area contributed by atoms with Crippen LogP contribution in [0.1, 0.15) is 10.6 Å². The van der Waals surface area contributed by atoms with E-state index in [-0.39, 0.29) is 11.6 Å². The number of thiophene rings is 1. The molecule has 2 heterocycles. The second-order valence-corrected chi connectivity index (χ2v) is 7.03. The van der Waals surface area contributed by atoms with Crippen LogP contribution in [0.15, 0.2) is 52.7 Å². The average Bonchev–Trinajstić information content (AvgIpc) is 3.12. The Kier molecular flexibility index (Phi) is 5.29. The van der Waals surface area contributed by atoms with Gasteiger partial charge in [-0.25, -0.2) is 9.97 Å². The summed E-state index contributed by atoms with van der Waals surface area (Å²) in [6.07, 6.45) is -2.60. The van der Waals surface area contributed by atoms with Gasteiger partial charge in [0.1, 0.15) is 5.82 Å². The summed E-state index contributed by atoms with van der Waals surface area (Å²) in [5.41, 5.74) is -0.414. The highest BCUT2D eigenvalue weighted by Gasteiger charge is 2.33. The van der Waals surface area contributed by atoms with Crippen LogP contribution in [0.2, 0.25) is 0 Å². The van der Waals surface area contributed by atoms with Crippen LogP contribution in [0.5, 0.6) is 0 Å². The lowest BCUT2D eigenvalue weighted by atomic mass is 10.2. The zero-order valence-electron chi connectivity index (χ0n) is 13.2. The molecule has 3 nitrogen and oxygen atoms in total. The van der Waals surface area contributed by atoms with Gasteiger partial charge in [0, 0.05) is 21.4 Å². The van der Waals surface area contributed by atoms with Gasteiger partial charge in [-0.15, -0.1) is 23.1 Å². The number of nitrogens with zero attached hydrogens (tertiary/aromatic N) is 2. The van der Waals surface area contributed by atoms with Crippen LogP contribution in [-0.2, 0) is 12.7 Å². The molecule has 0 bridgehead atoms. The Bertz CT molecular complexity index is 831. The molecule has 0 aliphatic carbocycles. The lowest BCUT2D eigenvalue weighted by Gasteiger charge is -2.12. The van der Waals surface area contributed by atoms with Crippen LogP contribution in [-0.4, -0.2) is 16.2 Å². The molecule has 8 heteroatoms. The summed E-state index contributed by atoms with van der Waals surface area (Å²) in [4.78, 5) is 9.98. The minimum Gasteiger partial charge on any atom is -0.365 e. The molecule has 0 aliphatic heterocycles. The third kappa shape index (κ3) is 4.52. The fourth-order valence-electron chi connectivity index (χ4n) is 2.14. The first-order valence-corrected chi connectivity index (χ1v) is 9.43. The van der Waals surface area contributed by atoms with Crippen molar-refractivity contribution in [1.29, 1.82) is 0 Å². The van der Waals surface area contributed by atoms with Crippen molar-refractivity contribution < 1.29 is 13.2 Å². The van der Waals surface area contributed by atoms with Crippen molar-refractivity contribution in [3.63, 3.8) is 0 Å². The molecule has 0 saturated heterocycles. The van der Waals surface area contributed by atoms with Crippen LogP contribution in [0.25, 0.3) is 11.4 Å². The summed E-state index contributed by atoms with van der Waals surface area (Å²) in [6.45, 7) is 0.414. The summed E-state index contributed by atoms with van der Waals surface area (Å²) in [6, 6.07) is 11.9. The molecule has 130 valence electrons. The van der Waals surface area contributed by atoms with Gasteiger partial charge in [-0.3, -0.25) is 0 Å². The largest absolute Gasteiger partial charge is 0.433 e. The number of rotatable bonds is 5. The van der Waals surface area contributed by atoms with Crippen molar-refractivity contribution in [3.05, 3.63) is 58.4 Å². The molecule has 0 radical (unpaired) electrons. The van der Waals surface area contributed by atoms with Gasteiger partial charge >= 0.3 is 6.18 Å². The number of nitrogens with one attached hydrogen (secondary N) is 1. The predicted octanol–water partition coefficient (Wildman–Crippen LogP) is 5.56. The van der Waals surface area contributed by atoms with Gasteiger partial charge in [0.05, 0.1) is 6.54 Å². The zero-order valence-corrected chi connectivity index (χ0v) is 14.8.